The summed E-state index contributed by atoms with van der Waals surface area (Å²) in [7, 11) is 1.23. The molecule has 0 radical (unpaired) electrons. The number of benzene rings is 1. The van der Waals surface area contributed by atoms with E-state index < -0.39 is 41.0 Å². The number of aryl methyl sites for hydroxylation is 1. The van der Waals surface area contributed by atoms with Crippen molar-refractivity contribution in [2.24, 2.45) is 7.05 Å². The van der Waals surface area contributed by atoms with Crippen LogP contribution < -0.4 is 10.1 Å². The molecule has 3 rings (SSSR count). The van der Waals surface area contributed by atoms with E-state index in [0.717, 1.165) is 17.2 Å². The molecule has 0 fully saturated rings. The summed E-state index contributed by atoms with van der Waals surface area (Å²) in [5.74, 6) is -4.96. The number of amides is 1. The highest BCUT2D eigenvalue weighted by atomic mass is 19.4. The molecule has 0 bridgehead atoms. The molecule has 28 heavy (non-hydrogen) atoms. The Morgan fingerprint density at radius 2 is 1.89 bits per heavy atom. The first-order valence-corrected chi connectivity index (χ1v) is 7.52. The molecule has 0 spiro atoms. The van der Waals surface area contributed by atoms with Crippen LogP contribution in [-0.2, 0) is 13.2 Å². The highest BCUT2D eigenvalue weighted by Crippen LogP contribution is 2.33. The van der Waals surface area contributed by atoms with Crippen LogP contribution in [0, 0.1) is 11.8 Å². The number of rotatable bonds is 4. The number of para-hydroxylation sites is 2. The van der Waals surface area contributed by atoms with Gasteiger partial charge in [0.05, 0.1) is 11.3 Å². The van der Waals surface area contributed by atoms with Crippen molar-refractivity contribution in [1.29, 1.82) is 0 Å². The molecule has 1 amide bonds. The molecule has 0 atom stereocenters. The van der Waals surface area contributed by atoms with Gasteiger partial charge in [0.15, 0.2) is 11.4 Å². The van der Waals surface area contributed by atoms with Gasteiger partial charge in [0.1, 0.15) is 6.33 Å². The topological polar surface area (TPSA) is 81.9 Å². The number of hydrogen-bond acceptors (Lipinski definition) is 5. The summed E-state index contributed by atoms with van der Waals surface area (Å²) in [5.41, 5.74) is -2.18. The van der Waals surface area contributed by atoms with Gasteiger partial charge in [-0.15, -0.1) is 0 Å². The highest BCUT2D eigenvalue weighted by molar-refractivity contribution is 6.05. The molecule has 0 saturated heterocycles. The lowest BCUT2D eigenvalue weighted by Crippen LogP contribution is -2.18. The predicted molar refractivity (Wildman–Crippen MR) is 84.6 cm³/mol. The first-order valence-electron chi connectivity index (χ1n) is 7.52. The minimum Gasteiger partial charge on any atom is -0.434 e. The van der Waals surface area contributed by atoms with E-state index in [0.29, 0.717) is 0 Å². The van der Waals surface area contributed by atoms with E-state index in [1.807, 2.05) is 0 Å². The minimum atomic E-state index is -4.84. The zero-order valence-electron chi connectivity index (χ0n) is 14.0. The summed E-state index contributed by atoms with van der Waals surface area (Å²) in [6.45, 7) is 0. The second-order valence-electron chi connectivity index (χ2n) is 5.40. The fourth-order valence-corrected chi connectivity index (χ4v) is 2.22. The number of anilines is 1. The van der Waals surface area contributed by atoms with Crippen molar-refractivity contribution in [1.82, 2.24) is 19.7 Å². The van der Waals surface area contributed by atoms with Gasteiger partial charge in [-0.1, -0.05) is 12.1 Å². The van der Waals surface area contributed by atoms with Crippen molar-refractivity contribution in [3.05, 3.63) is 59.8 Å². The van der Waals surface area contributed by atoms with Gasteiger partial charge in [0.2, 0.25) is 5.82 Å². The molecule has 12 heteroatoms. The number of alkyl halides is 3. The first-order chi connectivity index (χ1) is 13.2. The van der Waals surface area contributed by atoms with Crippen LogP contribution in [0.25, 0.3) is 0 Å². The molecule has 0 aliphatic rings. The van der Waals surface area contributed by atoms with E-state index >= 15 is 0 Å². The first kappa shape index (κ1) is 19.2. The maximum Gasteiger partial charge on any atom is 0.435 e. The molecular weight excluding hydrogens is 389 g/mol. The van der Waals surface area contributed by atoms with Gasteiger partial charge < -0.3 is 10.1 Å². The van der Waals surface area contributed by atoms with Crippen LogP contribution >= 0.6 is 0 Å². The van der Waals surface area contributed by atoms with Gasteiger partial charge in [0, 0.05) is 13.2 Å². The Labute approximate surface area is 153 Å². The molecule has 7 nitrogen and oxygen atoms in total. The third-order valence-electron chi connectivity index (χ3n) is 3.40. The monoisotopic (exact) mass is 399 g/mol. The largest absolute Gasteiger partial charge is 0.435 e. The van der Waals surface area contributed by atoms with Gasteiger partial charge in [-0.25, -0.2) is 4.98 Å². The number of carbonyl (C=O) groups excluding carboxylic acids is 1. The van der Waals surface area contributed by atoms with Crippen LogP contribution in [0.3, 0.4) is 0 Å². The molecule has 146 valence electrons. The molecular formula is C16H10F5N5O2. The molecule has 0 aliphatic carbocycles. The van der Waals surface area contributed by atoms with Crippen molar-refractivity contribution < 1.29 is 31.5 Å². The number of aromatic nitrogens is 4. The fourth-order valence-electron chi connectivity index (χ4n) is 2.22. The molecule has 1 N–H and O–H groups in total. The smallest absolute Gasteiger partial charge is 0.434 e. The summed E-state index contributed by atoms with van der Waals surface area (Å²) in [4.78, 5) is 18.8. The van der Waals surface area contributed by atoms with E-state index in [-0.39, 0.29) is 11.4 Å². The number of nitrogens with one attached hydrogen (secondary N) is 1. The summed E-state index contributed by atoms with van der Waals surface area (Å²) in [6, 6.07) is 5.48. The summed E-state index contributed by atoms with van der Waals surface area (Å²) in [6.07, 6.45) is -3.22. The van der Waals surface area contributed by atoms with E-state index in [4.69, 9.17) is 4.74 Å². The molecule has 0 saturated carbocycles. The second-order valence-corrected chi connectivity index (χ2v) is 5.40. The summed E-state index contributed by atoms with van der Waals surface area (Å²) < 4.78 is 72.0. The van der Waals surface area contributed by atoms with Crippen molar-refractivity contribution in [3.63, 3.8) is 0 Å². The van der Waals surface area contributed by atoms with Crippen LogP contribution in [0.15, 0.2) is 36.8 Å². The molecule has 2 aromatic heterocycles. The van der Waals surface area contributed by atoms with Crippen molar-refractivity contribution in [2.75, 3.05) is 5.32 Å². The number of halogens is 5. The third-order valence-corrected chi connectivity index (χ3v) is 3.40. The number of nitrogens with zero attached hydrogens (tertiary/aromatic N) is 4. The zero-order valence-corrected chi connectivity index (χ0v) is 14.0. The van der Waals surface area contributed by atoms with E-state index in [1.54, 1.807) is 0 Å². The van der Waals surface area contributed by atoms with Crippen molar-refractivity contribution in [2.45, 2.75) is 6.18 Å². The Kier molecular flexibility index (Phi) is 4.94. The van der Waals surface area contributed by atoms with Gasteiger partial charge in [-0.05, 0) is 12.1 Å². The van der Waals surface area contributed by atoms with Crippen LogP contribution in [0.2, 0.25) is 0 Å². The molecule has 3 aromatic rings. The average Bonchev–Trinajstić information content (AvgIpc) is 3.03. The maximum atomic E-state index is 13.7. The normalized spacial score (nSPS) is 11.4. The van der Waals surface area contributed by atoms with E-state index in [9.17, 15) is 26.7 Å². The second kappa shape index (κ2) is 7.21. The third kappa shape index (κ3) is 3.89. The van der Waals surface area contributed by atoms with E-state index in [1.165, 1.54) is 31.3 Å². The SMILES string of the molecule is Cn1cc(C(=O)Nc2ccccc2Oc2ncnc(F)c2F)c(C(F)(F)F)n1. The minimum absolute atomic E-state index is 0.0945. The average molecular weight is 399 g/mol. The van der Waals surface area contributed by atoms with Gasteiger partial charge in [0.25, 0.3) is 17.7 Å². The highest BCUT2D eigenvalue weighted by Gasteiger charge is 2.39. The Bertz CT molecular complexity index is 1030. The Hall–Kier alpha value is -3.57. The lowest BCUT2D eigenvalue weighted by Gasteiger charge is -2.12. The van der Waals surface area contributed by atoms with Crippen LogP contribution in [0.4, 0.5) is 27.6 Å². The van der Waals surface area contributed by atoms with Crippen molar-refractivity contribution >= 4 is 11.6 Å². The maximum absolute atomic E-state index is 13.7. The zero-order chi connectivity index (χ0) is 20.5. The lowest BCUT2D eigenvalue weighted by atomic mass is 10.2. The van der Waals surface area contributed by atoms with Crippen LogP contribution in [0.1, 0.15) is 16.1 Å². The van der Waals surface area contributed by atoms with Crippen LogP contribution in [0.5, 0.6) is 11.6 Å². The quantitative estimate of drug-likeness (QED) is 0.536. The Morgan fingerprint density at radius 3 is 2.61 bits per heavy atom. The summed E-state index contributed by atoms with van der Waals surface area (Å²) >= 11 is 0. The van der Waals surface area contributed by atoms with Crippen LogP contribution in [-0.4, -0.2) is 25.7 Å². The molecule has 2 heterocycles. The van der Waals surface area contributed by atoms with Gasteiger partial charge in [-0.3, -0.25) is 9.48 Å². The Balaban J connectivity index is 1.90. The molecule has 0 aliphatic heterocycles. The fraction of sp³-hybridized carbons (Fsp3) is 0.125. The van der Waals surface area contributed by atoms with Gasteiger partial charge in [-0.2, -0.15) is 32.0 Å². The predicted octanol–water partition coefficient (Wildman–Crippen LogP) is 3.55. The number of hydrogen-bond donors (Lipinski definition) is 1. The lowest BCUT2D eigenvalue weighted by molar-refractivity contribution is -0.141. The summed E-state index contributed by atoms with van der Waals surface area (Å²) in [5, 5.41) is 5.48. The molecule has 1 aromatic carbocycles. The standard InChI is InChI=1S/C16H10F5N5O2/c1-26-6-8(12(25-26)16(19,20)21)14(27)24-9-4-2-3-5-10(9)28-15-11(17)13(18)22-7-23-15/h2-7H,1H3,(H,24,27). The molecule has 0 unspecified atom stereocenters. The Morgan fingerprint density at radius 1 is 1.18 bits per heavy atom. The number of carbonyl (C=O) groups is 1. The number of ether oxygens (including phenoxy) is 1. The van der Waals surface area contributed by atoms with E-state index in [2.05, 4.69) is 20.4 Å². The van der Waals surface area contributed by atoms with Gasteiger partial charge >= 0.3 is 6.18 Å². The van der Waals surface area contributed by atoms with Crippen molar-refractivity contribution in [3.8, 4) is 11.6 Å².